The Balaban J connectivity index is 1.67. The third kappa shape index (κ3) is 3.82. The van der Waals surface area contributed by atoms with Crippen LogP contribution in [0.1, 0.15) is 29.2 Å². The second-order valence-electron chi connectivity index (χ2n) is 6.02. The average Bonchev–Trinajstić information content (AvgIpc) is 3.08. The van der Waals surface area contributed by atoms with Crippen LogP contribution in [0.5, 0.6) is 5.75 Å². The highest BCUT2D eigenvalue weighted by molar-refractivity contribution is 5.84. The Hall–Kier alpha value is -2.96. The summed E-state index contributed by atoms with van der Waals surface area (Å²) in [5.41, 5.74) is 1.40. The molecule has 0 saturated heterocycles. The Labute approximate surface area is 148 Å². The highest BCUT2D eigenvalue weighted by atomic mass is 19.2. The largest absolute Gasteiger partial charge is 0.493 e. The third-order valence-electron chi connectivity index (χ3n) is 4.25. The van der Waals surface area contributed by atoms with E-state index < -0.39 is 29.6 Å². The number of aliphatic carboxylic acids is 1. The molecule has 2 N–H and O–H groups in total. The van der Waals surface area contributed by atoms with E-state index in [4.69, 9.17) is 4.74 Å². The minimum absolute atomic E-state index is 0.0280. The molecule has 5 nitrogen and oxygen atoms in total. The summed E-state index contributed by atoms with van der Waals surface area (Å²) in [5.74, 6) is -3.02. The lowest BCUT2D eigenvalue weighted by Crippen LogP contribution is -2.34. The fourth-order valence-electron chi connectivity index (χ4n) is 2.90. The molecule has 1 heterocycles. The third-order valence-corrected chi connectivity index (χ3v) is 4.25. The zero-order valence-corrected chi connectivity index (χ0v) is 13.8. The lowest BCUT2D eigenvalue weighted by molar-refractivity contribution is -0.142. The molecule has 1 aliphatic rings. The lowest BCUT2D eigenvalue weighted by atomic mass is 10.0. The summed E-state index contributed by atoms with van der Waals surface area (Å²) < 4.78 is 32.2. The summed E-state index contributed by atoms with van der Waals surface area (Å²) in [4.78, 5) is 23.7. The molecule has 0 radical (unpaired) electrons. The van der Waals surface area contributed by atoms with Gasteiger partial charge in [0.05, 0.1) is 6.61 Å². The van der Waals surface area contributed by atoms with Gasteiger partial charge in [0.25, 0.3) is 0 Å². The van der Waals surface area contributed by atoms with Gasteiger partial charge in [-0.05, 0) is 41.3 Å². The van der Waals surface area contributed by atoms with E-state index in [2.05, 4.69) is 5.32 Å². The van der Waals surface area contributed by atoms with E-state index in [1.807, 2.05) is 0 Å². The molecular weight excluding hydrogens is 344 g/mol. The van der Waals surface area contributed by atoms with Crippen LogP contribution in [0, 0.1) is 11.6 Å². The number of nitrogens with one attached hydrogen (secondary N) is 1. The first-order valence-corrected chi connectivity index (χ1v) is 8.16. The van der Waals surface area contributed by atoms with E-state index >= 15 is 0 Å². The van der Waals surface area contributed by atoms with Crippen LogP contribution in [0.3, 0.4) is 0 Å². The first-order chi connectivity index (χ1) is 12.5. The molecule has 3 rings (SSSR count). The number of benzene rings is 2. The molecule has 2 aromatic rings. The number of halogens is 2. The Morgan fingerprint density at radius 2 is 2.04 bits per heavy atom. The van der Waals surface area contributed by atoms with Crippen LogP contribution in [0.15, 0.2) is 36.4 Å². The van der Waals surface area contributed by atoms with E-state index in [1.54, 1.807) is 18.2 Å². The summed E-state index contributed by atoms with van der Waals surface area (Å²) in [6.07, 6.45) is 0.500. The Morgan fingerprint density at radius 3 is 2.81 bits per heavy atom. The molecule has 0 aromatic heterocycles. The molecule has 2 aromatic carbocycles. The second-order valence-corrected chi connectivity index (χ2v) is 6.02. The number of rotatable bonds is 6. The summed E-state index contributed by atoms with van der Waals surface area (Å²) in [6, 6.07) is 7.51. The van der Waals surface area contributed by atoms with Crippen LogP contribution in [0.2, 0.25) is 0 Å². The van der Waals surface area contributed by atoms with E-state index in [-0.39, 0.29) is 18.4 Å². The monoisotopic (exact) mass is 361 g/mol. The number of carbonyl (C=O) groups excluding carboxylic acids is 1. The van der Waals surface area contributed by atoms with Gasteiger partial charge in [-0.25, -0.2) is 13.6 Å². The van der Waals surface area contributed by atoms with Gasteiger partial charge < -0.3 is 15.2 Å². The molecule has 26 heavy (non-hydrogen) atoms. The maximum absolute atomic E-state index is 13.6. The van der Waals surface area contributed by atoms with Crippen molar-refractivity contribution in [2.45, 2.75) is 25.3 Å². The van der Waals surface area contributed by atoms with E-state index in [1.165, 1.54) is 12.1 Å². The Kier molecular flexibility index (Phi) is 5.16. The first kappa shape index (κ1) is 17.8. The Bertz CT molecular complexity index is 853. The van der Waals surface area contributed by atoms with Crippen molar-refractivity contribution in [1.82, 2.24) is 5.32 Å². The van der Waals surface area contributed by atoms with Gasteiger partial charge in [0.1, 0.15) is 5.75 Å². The van der Waals surface area contributed by atoms with Gasteiger partial charge in [0.15, 0.2) is 17.7 Å². The number of hydrogen-bond acceptors (Lipinski definition) is 3. The minimum Gasteiger partial charge on any atom is -0.493 e. The number of carboxylic acid groups (broad SMARTS) is 1. The van der Waals surface area contributed by atoms with Gasteiger partial charge in [-0.3, -0.25) is 4.79 Å². The van der Waals surface area contributed by atoms with Crippen molar-refractivity contribution >= 4 is 11.9 Å². The van der Waals surface area contributed by atoms with Gasteiger partial charge in [-0.1, -0.05) is 18.2 Å². The minimum atomic E-state index is -1.22. The molecule has 1 atom stereocenters. The average molecular weight is 361 g/mol. The van der Waals surface area contributed by atoms with Crippen molar-refractivity contribution < 1.29 is 28.2 Å². The van der Waals surface area contributed by atoms with Crippen LogP contribution in [-0.4, -0.2) is 23.6 Å². The molecule has 0 aliphatic carbocycles. The van der Waals surface area contributed by atoms with Crippen LogP contribution in [0.4, 0.5) is 8.78 Å². The van der Waals surface area contributed by atoms with Gasteiger partial charge in [-0.2, -0.15) is 0 Å². The van der Waals surface area contributed by atoms with Crippen LogP contribution < -0.4 is 10.1 Å². The number of ether oxygens (including phenoxy) is 1. The zero-order valence-electron chi connectivity index (χ0n) is 13.8. The van der Waals surface area contributed by atoms with E-state index in [0.717, 1.165) is 11.6 Å². The predicted molar refractivity (Wildman–Crippen MR) is 88.8 cm³/mol. The number of hydrogen-bond donors (Lipinski definition) is 2. The van der Waals surface area contributed by atoms with Gasteiger partial charge in [0.2, 0.25) is 5.91 Å². The van der Waals surface area contributed by atoms with E-state index in [0.29, 0.717) is 24.3 Å². The maximum Gasteiger partial charge on any atom is 0.330 e. The summed E-state index contributed by atoms with van der Waals surface area (Å²) in [6.45, 7) is 0.544. The number of carboxylic acids is 1. The number of aryl methyl sites for hydroxylation is 1. The van der Waals surface area contributed by atoms with Crippen LogP contribution in [-0.2, 0) is 22.4 Å². The van der Waals surface area contributed by atoms with Crippen molar-refractivity contribution in [3.05, 3.63) is 64.7 Å². The van der Waals surface area contributed by atoms with Gasteiger partial charge in [0, 0.05) is 12.8 Å². The predicted octanol–water partition coefficient (Wildman–Crippen LogP) is 2.77. The maximum atomic E-state index is 13.6. The van der Waals surface area contributed by atoms with Crippen LogP contribution >= 0.6 is 0 Å². The molecule has 7 heteroatoms. The van der Waals surface area contributed by atoms with Crippen molar-refractivity contribution in [3.63, 3.8) is 0 Å². The fourth-order valence-corrected chi connectivity index (χ4v) is 2.90. The molecule has 1 unspecified atom stereocenters. The number of amides is 1. The van der Waals surface area contributed by atoms with Crippen LogP contribution in [0.25, 0.3) is 0 Å². The molecule has 0 bridgehead atoms. The normalized spacial score (nSPS) is 13.6. The lowest BCUT2D eigenvalue weighted by Gasteiger charge is -2.16. The highest BCUT2D eigenvalue weighted by Gasteiger charge is 2.24. The first-order valence-electron chi connectivity index (χ1n) is 8.16. The number of carbonyl (C=O) groups is 2. The zero-order chi connectivity index (χ0) is 18.7. The summed E-state index contributed by atoms with van der Waals surface area (Å²) in [7, 11) is 0. The van der Waals surface area contributed by atoms with Crippen molar-refractivity contribution in [2.75, 3.05) is 6.61 Å². The summed E-state index contributed by atoms with van der Waals surface area (Å²) >= 11 is 0. The smallest absolute Gasteiger partial charge is 0.330 e. The molecular formula is C19H17F2NO4. The molecule has 0 fully saturated rings. The quantitative estimate of drug-likeness (QED) is 0.830. The SMILES string of the molecule is O=C(CCc1cccc(F)c1F)NC(C(=O)O)c1ccc2c(c1)CCO2. The van der Waals surface area contributed by atoms with Crippen molar-refractivity contribution in [2.24, 2.45) is 0 Å². The molecule has 0 saturated carbocycles. The molecule has 0 spiro atoms. The topological polar surface area (TPSA) is 75.6 Å². The molecule has 1 amide bonds. The molecule has 136 valence electrons. The standard InChI is InChI=1S/C19H17F2NO4/c20-14-3-1-2-11(17(14)21)5-7-16(23)22-18(19(24)25)13-4-6-15-12(10-13)8-9-26-15/h1-4,6,10,18H,5,7-9H2,(H,22,23)(H,24,25). The van der Waals surface area contributed by atoms with Crippen molar-refractivity contribution in [3.8, 4) is 5.75 Å². The fraction of sp³-hybridized carbons (Fsp3) is 0.263. The second kappa shape index (κ2) is 7.51. The van der Waals surface area contributed by atoms with E-state index in [9.17, 15) is 23.5 Å². The molecule has 1 aliphatic heterocycles. The van der Waals surface area contributed by atoms with Gasteiger partial charge >= 0.3 is 5.97 Å². The number of fused-ring (bicyclic) bond motifs is 1. The van der Waals surface area contributed by atoms with Crippen molar-refractivity contribution in [1.29, 1.82) is 0 Å². The van der Waals surface area contributed by atoms with Gasteiger partial charge in [-0.15, -0.1) is 0 Å². The highest BCUT2D eigenvalue weighted by Crippen LogP contribution is 2.28. The summed E-state index contributed by atoms with van der Waals surface area (Å²) in [5, 5.41) is 11.9. The Morgan fingerprint density at radius 1 is 1.23 bits per heavy atom.